The first-order valence-electron chi connectivity index (χ1n) is 8.39. The first kappa shape index (κ1) is 14.4. The molecule has 2 amide bonds. The Morgan fingerprint density at radius 2 is 1.77 bits per heavy atom. The molecule has 122 valence electrons. The smallest absolute Gasteiger partial charge is 0.221 e. The van der Waals surface area contributed by atoms with Gasteiger partial charge in [-0.05, 0) is 61.3 Å². The summed E-state index contributed by atoms with van der Waals surface area (Å²) >= 11 is 0. The molecule has 4 unspecified atom stereocenters. The molecule has 4 fully saturated rings. The highest BCUT2D eigenvalue weighted by Gasteiger charge is 2.80. The number of amides is 2. The second kappa shape index (κ2) is 4.43. The molecule has 4 rings (SSSR count). The summed E-state index contributed by atoms with van der Waals surface area (Å²) in [7, 11) is 0. The molecule has 3 saturated carbocycles. The summed E-state index contributed by atoms with van der Waals surface area (Å²) in [5.41, 5.74) is 10.8. The quantitative estimate of drug-likeness (QED) is 0.700. The Morgan fingerprint density at radius 1 is 1.05 bits per heavy atom. The van der Waals surface area contributed by atoms with E-state index < -0.39 is 35.2 Å². The van der Waals surface area contributed by atoms with E-state index in [-0.39, 0.29) is 17.3 Å². The summed E-state index contributed by atoms with van der Waals surface area (Å²) in [5.74, 6) is -2.00. The normalized spacial score (nSPS) is 48.5. The molecule has 0 radical (unpaired) electrons. The molecule has 6 atom stereocenters. The van der Waals surface area contributed by atoms with Gasteiger partial charge in [0.1, 0.15) is 6.17 Å². The number of rotatable bonds is 3. The van der Waals surface area contributed by atoms with Crippen LogP contribution in [0.25, 0.3) is 0 Å². The second-order valence-corrected chi connectivity index (χ2v) is 7.77. The van der Waals surface area contributed by atoms with Crippen LogP contribution in [-0.2, 0) is 9.59 Å². The maximum absolute atomic E-state index is 14.8. The summed E-state index contributed by atoms with van der Waals surface area (Å²) < 4.78 is 14.8. The fourth-order valence-electron chi connectivity index (χ4n) is 6.76. The Balaban J connectivity index is 1.84. The topological polar surface area (TPSA) is 98.2 Å². The van der Waals surface area contributed by atoms with Gasteiger partial charge in [-0.2, -0.15) is 0 Å². The molecular formula is C16H24FN3O2. The number of carbonyl (C=O) groups is 2. The molecule has 5 nitrogen and oxygen atoms in total. The number of nitrogens with one attached hydrogen (secondary N) is 1. The number of piperidine rings is 1. The zero-order valence-corrected chi connectivity index (χ0v) is 12.7. The number of hydrogen-bond donors (Lipinski definition) is 3. The summed E-state index contributed by atoms with van der Waals surface area (Å²) in [5, 5.41) is 3.09. The van der Waals surface area contributed by atoms with Crippen LogP contribution >= 0.6 is 0 Å². The van der Waals surface area contributed by atoms with Crippen LogP contribution in [0.2, 0.25) is 0 Å². The first-order valence-corrected chi connectivity index (χ1v) is 8.39. The lowest BCUT2D eigenvalue weighted by atomic mass is 9.57. The van der Waals surface area contributed by atoms with Gasteiger partial charge in [-0.3, -0.25) is 9.59 Å². The van der Waals surface area contributed by atoms with Gasteiger partial charge >= 0.3 is 0 Å². The summed E-state index contributed by atoms with van der Waals surface area (Å²) in [6, 6.07) is 0. The number of primary amides is 2. The van der Waals surface area contributed by atoms with Crippen molar-refractivity contribution in [1.82, 2.24) is 5.32 Å². The summed E-state index contributed by atoms with van der Waals surface area (Å²) in [4.78, 5) is 24.3. The standard InChI is InChI=1S/C16H24FN3O2/c17-10-7-20-6-2-8(10)16-3-1-9(15(16)4-5-15)11(13(18)21)12(16)14(19)22/h8-12,20H,1-7H2,(H2,18,21)(H2,19,22)/t8-,9?,10-,11?,12?,16?/m0/s1. The third-order valence-electron chi connectivity index (χ3n) is 7.35. The minimum Gasteiger partial charge on any atom is -0.369 e. The van der Waals surface area contributed by atoms with Crippen molar-refractivity contribution in [2.24, 2.45) is 46.0 Å². The zero-order chi connectivity index (χ0) is 15.7. The Hall–Kier alpha value is -1.17. The average Bonchev–Trinajstić information content (AvgIpc) is 3.16. The highest BCUT2D eigenvalue weighted by Crippen LogP contribution is 2.83. The predicted molar refractivity (Wildman–Crippen MR) is 78.1 cm³/mol. The van der Waals surface area contributed by atoms with Crippen LogP contribution < -0.4 is 16.8 Å². The second-order valence-electron chi connectivity index (χ2n) is 7.77. The van der Waals surface area contributed by atoms with E-state index >= 15 is 0 Å². The maximum atomic E-state index is 14.8. The zero-order valence-electron chi connectivity index (χ0n) is 12.7. The Bertz CT molecular complexity index is 535. The highest BCUT2D eigenvalue weighted by molar-refractivity contribution is 5.88. The maximum Gasteiger partial charge on any atom is 0.221 e. The van der Waals surface area contributed by atoms with E-state index in [1.54, 1.807) is 0 Å². The minimum absolute atomic E-state index is 0.0568. The molecule has 1 saturated heterocycles. The van der Waals surface area contributed by atoms with Crippen LogP contribution in [0, 0.1) is 34.5 Å². The van der Waals surface area contributed by atoms with E-state index in [1.165, 1.54) is 0 Å². The third-order valence-corrected chi connectivity index (χ3v) is 7.35. The molecule has 1 spiro atoms. The van der Waals surface area contributed by atoms with Crippen LogP contribution in [0.3, 0.4) is 0 Å². The lowest BCUT2D eigenvalue weighted by molar-refractivity contribution is -0.140. The lowest BCUT2D eigenvalue weighted by Gasteiger charge is -2.48. The van der Waals surface area contributed by atoms with Gasteiger partial charge in [0.15, 0.2) is 0 Å². The molecule has 3 aliphatic carbocycles. The predicted octanol–water partition coefficient (Wildman–Crippen LogP) is 0.327. The van der Waals surface area contributed by atoms with Gasteiger partial charge in [0.05, 0.1) is 11.8 Å². The Morgan fingerprint density at radius 3 is 2.32 bits per heavy atom. The van der Waals surface area contributed by atoms with E-state index in [2.05, 4.69) is 5.32 Å². The monoisotopic (exact) mass is 309 g/mol. The van der Waals surface area contributed by atoms with Gasteiger partial charge in [0.2, 0.25) is 11.8 Å². The van der Waals surface area contributed by atoms with Crippen molar-refractivity contribution >= 4 is 11.8 Å². The SMILES string of the molecule is NC(=O)C1C2CCC([C@H]3CCNC[C@@H]3F)(C1C(N)=O)C21CC1. The van der Waals surface area contributed by atoms with Crippen molar-refractivity contribution in [2.75, 3.05) is 13.1 Å². The van der Waals surface area contributed by atoms with Gasteiger partial charge in [-0.25, -0.2) is 4.39 Å². The molecule has 2 bridgehead atoms. The van der Waals surface area contributed by atoms with Gasteiger partial charge < -0.3 is 16.8 Å². The number of alkyl halides is 1. The van der Waals surface area contributed by atoms with Crippen molar-refractivity contribution < 1.29 is 14.0 Å². The molecule has 4 aliphatic rings. The molecule has 0 aromatic heterocycles. The lowest BCUT2D eigenvalue weighted by Crippen LogP contribution is -2.54. The van der Waals surface area contributed by atoms with Gasteiger partial charge in [-0.15, -0.1) is 0 Å². The van der Waals surface area contributed by atoms with E-state index in [9.17, 15) is 14.0 Å². The van der Waals surface area contributed by atoms with Crippen molar-refractivity contribution in [3.8, 4) is 0 Å². The van der Waals surface area contributed by atoms with Gasteiger partial charge in [0.25, 0.3) is 0 Å². The molecule has 5 N–H and O–H groups in total. The van der Waals surface area contributed by atoms with Crippen LogP contribution in [0.5, 0.6) is 0 Å². The average molecular weight is 309 g/mol. The highest BCUT2D eigenvalue weighted by atomic mass is 19.1. The molecule has 6 heteroatoms. The third kappa shape index (κ3) is 1.47. The first-order chi connectivity index (χ1) is 10.5. The summed E-state index contributed by atoms with van der Waals surface area (Å²) in [6.45, 7) is 1.10. The number of hydrogen-bond acceptors (Lipinski definition) is 3. The van der Waals surface area contributed by atoms with Gasteiger partial charge in [-0.1, -0.05) is 0 Å². The molecular weight excluding hydrogens is 285 g/mol. The molecule has 1 aliphatic heterocycles. The molecule has 0 aromatic carbocycles. The van der Waals surface area contributed by atoms with E-state index in [1.807, 2.05) is 0 Å². The molecule has 0 aromatic rings. The van der Waals surface area contributed by atoms with Crippen molar-refractivity contribution in [3.63, 3.8) is 0 Å². The minimum atomic E-state index is -0.974. The van der Waals surface area contributed by atoms with E-state index in [0.717, 1.165) is 32.2 Å². The number of halogens is 1. The van der Waals surface area contributed by atoms with E-state index in [4.69, 9.17) is 11.5 Å². The van der Waals surface area contributed by atoms with Crippen LogP contribution in [0.4, 0.5) is 4.39 Å². The number of nitrogens with two attached hydrogens (primary N) is 2. The fraction of sp³-hybridized carbons (Fsp3) is 0.875. The Labute approximate surface area is 129 Å². The Kier molecular flexibility index (Phi) is 2.91. The fourth-order valence-corrected chi connectivity index (χ4v) is 6.76. The van der Waals surface area contributed by atoms with Crippen LogP contribution in [0.1, 0.15) is 32.1 Å². The van der Waals surface area contributed by atoms with Crippen LogP contribution in [-0.4, -0.2) is 31.1 Å². The van der Waals surface area contributed by atoms with Crippen molar-refractivity contribution in [2.45, 2.75) is 38.3 Å². The van der Waals surface area contributed by atoms with E-state index in [0.29, 0.717) is 13.0 Å². The number of carbonyl (C=O) groups excluding carboxylic acids is 2. The molecule has 22 heavy (non-hydrogen) atoms. The van der Waals surface area contributed by atoms with Crippen LogP contribution in [0.15, 0.2) is 0 Å². The van der Waals surface area contributed by atoms with Crippen molar-refractivity contribution in [3.05, 3.63) is 0 Å². The summed E-state index contributed by atoms with van der Waals surface area (Å²) in [6.07, 6.45) is 3.42. The largest absolute Gasteiger partial charge is 0.369 e. The van der Waals surface area contributed by atoms with Gasteiger partial charge in [0, 0.05) is 6.54 Å². The van der Waals surface area contributed by atoms with Crippen molar-refractivity contribution in [1.29, 1.82) is 0 Å². The molecule has 1 heterocycles.